The maximum atomic E-state index is 3.62. The largest absolute Gasteiger partial charge is 0.316 e. The second-order valence-corrected chi connectivity index (χ2v) is 7.84. The van der Waals surface area contributed by atoms with Crippen LogP contribution >= 0.6 is 0 Å². The van der Waals surface area contributed by atoms with Gasteiger partial charge >= 0.3 is 0 Å². The van der Waals surface area contributed by atoms with Gasteiger partial charge < -0.3 is 10.2 Å². The highest BCUT2D eigenvalue weighted by atomic mass is 15.3. The average molecular weight is 281 g/mol. The minimum Gasteiger partial charge on any atom is -0.316 e. The lowest BCUT2D eigenvalue weighted by molar-refractivity contribution is 0.0534. The first kappa shape index (κ1) is 16.3. The van der Waals surface area contributed by atoms with Crippen molar-refractivity contribution >= 4 is 0 Å². The summed E-state index contributed by atoms with van der Waals surface area (Å²) >= 11 is 0. The Hall–Kier alpha value is -0.120. The number of nitrogens with zero attached hydrogens (tertiary/aromatic N) is 2. The van der Waals surface area contributed by atoms with Crippen LogP contribution in [-0.2, 0) is 0 Å². The van der Waals surface area contributed by atoms with E-state index >= 15 is 0 Å². The fourth-order valence-corrected chi connectivity index (χ4v) is 4.40. The molecule has 2 unspecified atom stereocenters. The first-order chi connectivity index (χ1) is 9.44. The molecule has 2 fully saturated rings. The SMILES string of the molecule is CNC1C(CN2CCN(C(C)C)CC2)CCCC1(C)C. The third kappa shape index (κ3) is 3.75. The number of piperazine rings is 1. The molecule has 0 aromatic carbocycles. The van der Waals surface area contributed by atoms with E-state index in [1.54, 1.807) is 0 Å². The van der Waals surface area contributed by atoms with E-state index in [1.165, 1.54) is 52.0 Å². The van der Waals surface area contributed by atoms with Crippen molar-refractivity contribution in [3.8, 4) is 0 Å². The smallest absolute Gasteiger partial charge is 0.0156 e. The zero-order valence-electron chi connectivity index (χ0n) is 14.3. The van der Waals surface area contributed by atoms with Crippen molar-refractivity contribution in [2.45, 2.75) is 59.0 Å². The highest BCUT2D eigenvalue weighted by Gasteiger charge is 2.38. The minimum absolute atomic E-state index is 0.456. The molecule has 0 aromatic rings. The fraction of sp³-hybridized carbons (Fsp3) is 1.00. The molecule has 0 aromatic heterocycles. The molecule has 0 amide bonds. The molecule has 3 heteroatoms. The van der Waals surface area contributed by atoms with E-state index in [0.717, 1.165) is 5.92 Å². The number of hydrogen-bond acceptors (Lipinski definition) is 3. The molecule has 0 radical (unpaired) electrons. The van der Waals surface area contributed by atoms with Crippen LogP contribution in [0, 0.1) is 11.3 Å². The molecular formula is C17H35N3. The van der Waals surface area contributed by atoms with E-state index in [1.807, 2.05) is 0 Å². The first-order valence-corrected chi connectivity index (χ1v) is 8.57. The molecule has 1 N–H and O–H groups in total. The van der Waals surface area contributed by atoms with Gasteiger partial charge in [-0.25, -0.2) is 0 Å². The molecule has 2 aliphatic rings. The van der Waals surface area contributed by atoms with E-state index in [0.29, 0.717) is 17.5 Å². The third-order valence-corrected chi connectivity index (χ3v) is 5.65. The van der Waals surface area contributed by atoms with Gasteiger partial charge in [0.1, 0.15) is 0 Å². The van der Waals surface area contributed by atoms with Crippen LogP contribution in [0.25, 0.3) is 0 Å². The predicted molar refractivity (Wildman–Crippen MR) is 87.1 cm³/mol. The van der Waals surface area contributed by atoms with Crippen LogP contribution in [0.4, 0.5) is 0 Å². The summed E-state index contributed by atoms with van der Waals surface area (Å²) in [7, 11) is 2.15. The lowest BCUT2D eigenvalue weighted by Crippen LogP contribution is -2.55. The van der Waals surface area contributed by atoms with E-state index in [4.69, 9.17) is 0 Å². The highest BCUT2D eigenvalue weighted by molar-refractivity contribution is 4.94. The Kier molecular flexibility index (Phi) is 5.49. The van der Waals surface area contributed by atoms with Crippen LogP contribution in [0.5, 0.6) is 0 Å². The Balaban J connectivity index is 1.87. The van der Waals surface area contributed by atoms with Crippen molar-refractivity contribution in [3.05, 3.63) is 0 Å². The van der Waals surface area contributed by atoms with Gasteiger partial charge in [-0.3, -0.25) is 4.90 Å². The molecule has 1 heterocycles. The lowest BCUT2D eigenvalue weighted by atomic mass is 9.68. The molecule has 2 rings (SSSR count). The molecule has 1 saturated heterocycles. The number of hydrogen-bond donors (Lipinski definition) is 1. The van der Waals surface area contributed by atoms with Crippen LogP contribution < -0.4 is 5.32 Å². The van der Waals surface area contributed by atoms with Crippen molar-refractivity contribution in [1.29, 1.82) is 0 Å². The van der Waals surface area contributed by atoms with Gasteiger partial charge in [0.25, 0.3) is 0 Å². The van der Waals surface area contributed by atoms with Crippen molar-refractivity contribution in [2.75, 3.05) is 39.8 Å². The maximum Gasteiger partial charge on any atom is 0.0156 e. The van der Waals surface area contributed by atoms with Gasteiger partial charge in [-0.1, -0.05) is 20.3 Å². The molecule has 0 spiro atoms. The van der Waals surface area contributed by atoms with Crippen molar-refractivity contribution in [2.24, 2.45) is 11.3 Å². The number of nitrogens with one attached hydrogen (secondary N) is 1. The van der Waals surface area contributed by atoms with Crippen LogP contribution in [-0.4, -0.2) is 61.7 Å². The van der Waals surface area contributed by atoms with Crippen LogP contribution in [0.1, 0.15) is 47.0 Å². The van der Waals surface area contributed by atoms with Crippen LogP contribution in [0.3, 0.4) is 0 Å². The quantitative estimate of drug-likeness (QED) is 0.854. The summed E-state index contributed by atoms with van der Waals surface area (Å²) in [6.45, 7) is 15.8. The minimum atomic E-state index is 0.456. The monoisotopic (exact) mass is 281 g/mol. The van der Waals surface area contributed by atoms with Crippen molar-refractivity contribution < 1.29 is 0 Å². The zero-order chi connectivity index (χ0) is 14.8. The summed E-state index contributed by atoms with van der Waals surface area (Å²) in [6, 6.07) is 1.38. The summed E-state index contributed by atoms with van der Waals surface area (Å²) in [5, 5.41) is 3.62. The van der Waals surface area contributed by atoms with E-state index in [-0.39, 0.29) is 0 Å². The van der Waals surface area contributed by atoms with E-state index in [2.05, 4.69) is 49.9 Å². The second kappa shape index (κ2) is 6.76. The molecule has 20 heavy (non-hydrogen) atoms. The van der Waals surface area contributed by atoms with Crippen molar-refractivity contribution in [3.63, 3.8) is 0 Å². The van der Waals surface area contributed by atoms with Gasteiger partial charge in [0.2, 0.25) is 0 Å². The van der Waals surface area contributed by atoms with Gasteiger partial charge in [-0.15, -0.1) is 0 Å². The molecule has 1 aliphatic heterocycles. The maximum absolute atomic E-state index is 3.62. The summed E-state index contributed by atoms with van der Waals surface area (Å²) in [5.74, 6) is 0.828. The van der Waals surface area contributed by atoms with Gasteiger partial charge in [0, 0.05) is 44.8 Å². The van der Waals surface area contributed by atoms with Gasteiger partial charge in [-0.05, 0) is 45.1 Å². The Labute approximate surface area is 126 Å². The van der Waals surface area contributed by atoms with Crippen LogP contribution in [0.2, 0.25) is 0 Å². The summed E-state index contributed by atoms with van der Waals surface area (Å²) in [5.41, 5.74) is 0.456. The molecule has 2 atom stereocenters. The molecule has 1 aliphatic carbocycles. The lowest BCUT2D eigenvalue weighted by Gasteiger charge is -2.46. The third-order valence-electron chi connectivity index (χ3n) is 5.65. The fourth-order valence-electron chi connectivity index (χ4n) is 4.40. The standard InChI is InChI=1S/C17H35N3/c1-14(2)20-11-9-19(10-12-20)13-15-7-6-8-17(3,4)16(15)18-5/h14-16,18H,6-13H2,1-5H3. The summed E-state index contributed by atoms with van der Waals surface area (Å²) in [4.78, 5) is 5.31. The zero-order valence-corrected chi connectivity index (χ0v) is 14.3. The Morgan fingerprint density at radius 2 is 1.80 bits per heavy atom. The van der Waals surface area contributed by atoms with E-state index in [9.17, 15) is 0 Å². The van der Waals surface area contributed by atoms with Crippen LogP contribution in [0.15, 0.2) is 0 Å². The summed E-state index contributed by atoms with van der Waals surface area (Å²) in [6.07, 6.45) is 4.18. The van der Waals surface area contributed by atoms with Gasteiger partial charge in [0.05, 0.1) is 0 Å². The Morgan fingerprint density at radius 3 is 2.35 bits per heavy atom. The predicted octanol–water partition coefficient (Wildman–Crippen LogP) is 2.43. The molecule has 0 bridgehead atoms. The molecule has 118 valence electrons. The van der Waals surface area contributed by atoms with Crippen molar-refractivity contribution in [1.82, 2.24) is 15.1 Å². The van der Waals surface area contributed by atoms with Gasteiger partial charge in [0.15, 0.2) is 0 Å². The molecule has 1 saturated carbocycles. The average Bonchev–Trinajstić information content (AvgIpc) is 2.38. The summed E-state index contributed by atoms with van der Waals surface area (Å²) < 4.78 is 0. The Bertz CT molecular complexity index is 293. The molecule has 3 nitrogen and oxygen atoms in total. The van der Waals surface area contributed by atoms with E-state index < -0.39 is 0 Å². The normalized spacial score (nSPS) is 32.7. The Morgan fingerprint density at radius 1 is 1.15 bits per heavy atom. The molecular weight excluding hydrogens is 246 g/mol. The first-order valence-electron chi connectivity index (χ1n) is 8.57. The van der Waals surface area contributed by atoms with Gasteiger partial charge in [-0.2, -0.15) is 0 Å². The topological polar surface area (TPSA) is 18.5 Å². The highest BCUT2D eigenvalue weighted by Crippen LogP contribution is 2.39. The second-order valence-electron chi connectivity index (χ2n) is 7.84. The number of rotatable bonds is 4.